The first-order valence-electron chi connectivity index (χ1n) is 8.09. The number of aromatic nitrogens is 3. The number of nitrogens with one attached hydrogen (secondary N) is 2. The summed E-state index contributed by atoms with van der Waals surface area (Å²) in [5.41, 5.74) is 2.65. The van der Waals surface area contributed by atoms with Crippen LogP contribution in [0, 0.1) is 0 Å². The van der Waals surface area contributed by atoms with Crippen LogP contribution in [0.1, 0.15) is 6.92 Å². The number of amides is 1. The van der Waals surface area contributed by atoms with Gasteiger partial charge in [-0.3, -0.25) is 19.3 Å². The summed E-state index contributed by atoms with van der Waals surface area (Å²) in [6.07, 6.45) is 1.99. The number of imidazole rings is 1. The Morgan fingerprint density at radius 1 is 1.17 bits per heavy atom. The van der Waals surface area contributed by atoms with Crippen LogP contribution in [-0.4, -0.2) is 47.4 Å². The van der Waals surface area contributed by atoms with E-state index < -0.39 is 22.5 Å². The van der Waals surface area contributed by atoms with Gasteiger partial charge in [-0.2, -0.15) is 13.2 Å². The van der Waals surface area contributed by atoms with E-state index in [2.05, 4.69) is 20.0 Å². The van der Waals surface area contributed by atoms with Crippen LogP contribution in [-0.2, 0) is 19.6 Å². The molecule has 0 saturated carbocycles. The van der Waals surface area contributed by atoms with E-state index in [1.807, 2.05) is 12.3 Å². The van der Waals surface area contributed by atoms with E-state index in [-0.39, 0.29) is 5.91 Å². The molecule has 3 aromatic heterocycles. The standard InChI is InChI=1S/C15H15N5O3S.C2HF3O/c1-10(21)17-14-9-20-8-11(3-4-15(20)18-14)12-5-13(7-16-6-12)19-24(2,22)23;3-2(4,5)1-6/h3-9,19H,1-2H3,(H,17,21);1H. The Balaban J connectivity index is 0.000000469. The predicted octanol–water partition coefficient (Wildman–Crippen LogP) is 2.47. The van der Waals surface area contributed by atoms with Gasteiger partial charge in [0.25, 0.3) is 0 Å². The molecule has 3 rings (SSSR count). The van der Waals surface area contributed by atoms with Crippen molar-refractivity contribution in [3.05, 3.63) is 43.0 Å². The highest BCUT2D eigenvalue weighted by molar-refractivity contribution is 7.92. The number of carbonyl (C=O) groups is 2. The minimum Gasteiger partial charge on any atom is -0.310 e. The fourth-order valence-corrected chi connectivity index (χ4v) is 2.81. The van der Waals surface area contributed by atoms with Crippen molar-refractivity contribution >= 4 is 39.4 Å². The summed E-state index contributed by atoms with van der Waals surface area (Å²) in [4.78, 5) is 28.1. The molecule has 9 nitrogen and oxygen atoms in total. The zero-order chi connectivity index (χ0) is 22.5. The van der Waals surface area contributed by atoms with E-state index in [0.717, 1.165) is 17.4 Å². The maximum atomic E-state index is 11.3. The third-order valence-corrected chi connectivity index (χ3v) is 3.87. The van der Waals surface area contributed by atoms with Gasteiger partial charge < -0.3 is 9.72 Å². The van der Waals surface area contributed by atoms with Gasteiger partial charge in [-0.15, -0.1) is 0 Å². The first-order valence-corrected chi connectivity index (χ1v) is 9.98. The van der Waals surface area contributed by atoms with Crippen molar-refractivity contribution in [3.8, 4) is 11.1 Å². The molecule has 0 aromatic carbocycles. The number of rotatable bonds is 4. The van der Waals surface area contributed by atoms with Crippen molar-refractivity contribution < 1.29 is 31.2 Å². The summed E-state index contributed by atoms with van der Waals surface area (Å²) in [7, 11) is -3.36. The molecule has 0 aliphatic carbocycles. The highest BCUT2D eigenvalue weighted by Gasteiger charge is 2.24. The van der Waals surface area contributed by atoms with Crippen LogP contribution >= 0.6 is 0 Å². The molecule has 0 aliphatic heterocycles. The minimum absolute atomic E-state index is 0.192. The molecular weight excluding hydrogens is 427 g/mol. The van der Waals surface area contributed by atoms with E-state index in [0.29, 0.717) is 17.2 Å². The third-order valence-electron chi connectivity index (χ3n) is 3.26. The van der Waals surface area contributed by atoms with Gasteiger partial charge in [0.2, 0.25) is 22.2 Å². The fourth-order valence-electron chi connectivity index (χ4n) is 2.27. The number of alkyl halides is 3. The Morgan fingerprint density at radius 3 is 2.40 bits per heavy atom. The van der Waals surface area contributed by atoms with Crippen molar-refractivity contribution in [2.45, 2.75) is 13.1 Å². The second kappa shape index (κ2) is 8.90. The van der Waals surface area contributed by atoms with Gasteiger partial charge in [0, 0.05) is 30.4 Å². The number of aldehydes is 1. The third kappa shape index (κ3) is 7.16. The quantitative estimate of drug-likeness (QED) is 0.598. The molecule has 0 atom stereocenters. The molecule has 0 unspecified atom stereocenters. The number of sulfonamides is 1. The van der Waals surface area contributed by atoms with Crippen LogP contribution in [0.4, 0.5) is 24.7 Å². The highest BCUT2D eigenvalue weighted by atomic mass is 32.2. The summed E-state index contributed by atoms with van der Waals surface area (Å²) >= 11 is 0. The van der Waals surface area contributed by atoms with Crippen LogP contribution in [0.15, 0.2) is 43.0 Å². The lowest BCUT2D eigenvalue weighted by atomic mass is 10.1. The van der Waals surface area contributed by atoms with E-state index in [1.165, 1.54) is 13.1 Å². The van der Waals surface area contributed by atoms with Gasteiger partial charge in [-0.05, 0) is 18.2 Å². The van der Waals surface area contributed by atoms with Crippen molar-refractivity contribution in [3.63, 3.8) is 0 Å². The van der Waals surface area contributed by atoms with Gasteiger partial charge >= 0.3 is 6.18 Å². The van der Waals surface area contributed by atoms with Crippen LogP contribution in [0.25, 0.3) is 16.8 Å². The number of carbonyl (C=O) groups excluding carboxylic acids is 2. The molecule has 2 N–H and O–H groups in total. The Kier molecular flexibility index (Phi) is 6.77. The van der Waals surface area contributed by atoms with Crippen LogP contribution in [0.3, 0.4) is 0 Å². The largest absolute Gasteiger partial charge is 0.446 e. The maximum Gasteiger partial charge on any atom is 0.446 e. The molecule has 1 amide bonds. The summed E-state index contributed by atoms with van der Waals surface area (Å²) in [5.74, 6) is 0.271. The molecule has 0 bridgehead atoms. The summed E-state index contributed by atoms with van der Waals surface area (Å²) in [5, 5.41) is 2.63. The zero-order valence-corrected chi connectivity index (χ0v) is 16.5. The number of halogens is 3. The van der Waals surface area contributed by atoms with Crippen LogP contribution < -0.4 is 10.0 Å². The molecular formula is C17H16F3N5O4S. The Labute approximate surface area is 169 Å². The van der Waals surface area contributed by atoms with Gasteiger partial charge in [0.15, 0.2) is 5.82 Å². The molecule has 0 radical (unpaired) electrons. The molecule has 0 fully saturated rings. The van der Waals surface area contributed by atoms with Crippen LogP contribution in [0.2, 0.25) is 0 Å². The number of nitrogens with zero attached hydrogens (tertiary/aromatic N) is 3. The number of hydrogen-bond acceptors (Lipinski definition) is 6. The van der Waals surface area contributed by atoms with Crippen molar-refractivity contribution in [1.82, 2.24) is 14.4 Å². The Morgan fingerprint density at radius 2 is 1.83 bits per heavy atom. The lowest BCUT2D eigenvalue weighted by Crippen LogP contribution is -2.09. The smallest absolute Gasteiger partial charge is 0.310 e. The Bertz CT molecular complexity index is 1180. The summed E-state index contributed by atoms with van der Waals surface area (Å²) in [6.45, 7) is 1.42. The second-order valence-corrected chi connectivity index (χ2v) is 7.74. The van der Waals surface area contributed by atoms with Crippen LogP contribution in [0.5, 0.6) is 0 Å². The fraction of sp³-hybridized carbons (Fsp3) is 0.176. The SMILES string of the molecule is CC(=O)Nc1cn2cc(-c3cncc(NS(C)(=O)=O)c3)ccc2n1.O=CC(F)(F)F. The van der Waals surface area contributed by atoms with Crippen molar-refractivity contribution in [2.75, 3.05) is 16.3 Å². The predicted molar refractivity (Wildman–Crippen MR) is 103 cm³/mol. The van der Waals surface area contributed by atoms with E-state index in [1.54, 1.807) is 28.9 Å². The highest BCUT2D eigenvalue weighted by Crippen LogP contribution is 2.23. The molecule has 3 aromatic rings. The molecule has 30 heavy (non-hydrogen) atoms. The monoisotopic (exact) mass is 443 g/mol. The maximum absolute atomic E-state index is 11.3. The van der Waals surface area contributed by atoms with E-state index in [9.17, 15) is 26.4 Å². The topological polar surface area (TPSA) is 123 Å². The minimum atomic E-state index is -4.64. The number of fused-ring (bicyclic) bond motifs is 1. The van der Waals surface area contributed by atoms with E-state index >= 15 is 0 Å². The first kappa shape index (κ1) is 22.8. The lowest BCUT2D eigenvalue weighted by Gasteiger charge is -2.06. The number of pyridine rings is 2. The molecule has 13 heteroatoms. The first-order chi connectivity index (χ1) is 13.9. The lowest BCUT2D eigenvalue weighted by molar-refractivity contribution is -0.156. The van der Waals surface area contributed by atoms with Gasteiger partial charge in [-0.25, -0.2) is 13.4 Å². The molecule has 0 spiro atoms. The molecule has 0 saturated heterocycles. The van der Waals surface area contributed by atoms with Crippen molar-refractivity contribution in [2.24, 2.45) is 0 Å². The average molecular weight is 443 g/mol. The normalized spacial score (nSPS) is 11.4. The molecule has 160 valence electrons. The average Bonchev–Trinajstić information content (AvgIpc) is 3.01. The molecule has 0 aliphatic rings. The second-order valence-electron chi connectivity index (χ2n) is 5.99. The summed E-state index contributed by atoms with van der Waals surface area (Å²) in [6, 6.07) is 5.35. The van der Waals surface area contributed by atoms with Gasteiger partial charge in [0.05, 0.1) is 24.3 Å². The van der Waals surface area contributed by atoms with Gasteiger partial charge in [-0.1, -0.05) is 0 Å². The summed E-state index contributed by atoms with van der Waals surface area (Å²) < 4.78 is 58.1. The number of anilines is 2. The van der Waals surface area contributed by atoms with Gasteiger partial charge in [0.1, 0.15) is 5.65 Å². The molecule has 3 heterocycles. The van der Waals surface area contributed by atoms with E-state index in [4.69, 9.17) is 4.79 Å². The number of hydrogen-bond donors (Lipinski definition) is 2. The zero-order valence-electron chi connectivity index (χ0n) is 15.6. The van der Waals surface area contributed by atoms with Crippen molar-refractivity contribution in [1.29, 1.82) is 0 Å². The Hall–Kier alpha value is -3.48.